The van der Waals surface area contributed by atoms with Crippen LogP contribution in [0.5, 0.6) is 0 Å². The standard InChI is InChI=1S/C10H16O2/c1-9(2)5-7(11)8(12)10(3,4)6-9/h5-6H2,1-4H3. The van der Waals surface area contributed by atoms with Gasteiger partial charge in [-0.2, -0.15) is 0 Å². The van der Waals surface area contributed by atoms with Crippen LogP contribution in [0.25, 0.3) is 0 Å². The van der Waals surface area contributed by atoms with Crippen LogP contribution in [0.3, 0.4) is 0 Å². The summed E-state index contributed by atoms with van der Waals surface area (Å²) in [6.45, 7) is 7.79. The highest BCUT2D eigenvalue weighted by atomic mass is 16.2. The molecule has 0 aromatic rings. The molecule has 0 spiro atoms. The van der Waals surface area contributed by atoms with Gasteiger partial charge in [0.2, 0.25) is 5.78 Å². The summed E-state index contributed by atoms with van der Waals surface area (Å²) in [5.74, 6) is -0.391. The second-order valence-corrected chi connectivity index (χ2v) is 5.15. The number of Topliss-reactive ketones (excluding diaryl/α,β-unsaturated/α-hetero) is 2. The average molecular weight is 168 g/mol. The van der Waals surface area contributed by atoms with Crippen molar-refractivity contribution in [3.63, 3.8) is 0 Å². The van der Waals surface area contributed by atoms with Crippen molar-refractivity contribution >= 4 is 11.6 Å². The normalized spacial score (nSPS) is 27.3. The first kappa shape index (κ1) is 9.43. The van der Waals surface area contributed by atoms with E-state index < -0.39 is 5.41 Å². The van der Waals surface area contributed by atoms with Gasteiger partial charge in [-0.3, -0.25) is 9.59 Å². The molecule has 68 valence electrons. The molecule has 0 amide bonds. The van der Waals surface area contributed by atoms with Crippen molar-refractivity contribution in [1.82, 2.24) is 0 Å². The summed E-state index contributed by atoms with van der Waals surface area (Å²) in [5.41, 5.74) is -0.451. The van der Waals surface area contributed by atoms with E-state index in [-0.39, 0.29) is 17.0 Å². The van der Waals surface area contributed by atoms with Crippen LogP contribution in [-0.2, 0) is 9.59 Å². The maximum atomic E-state index is 11.4. The average Bonchev–Trinajstić information content (AvgIpc) is 1.79. The minimum atomic E-state index is -0.446. The van der Waals surface area contributed by atoms with Crippen LogP contribution in [0, 0.1) is 10.8 Å². The third-order valence-electron chi connectivity index (χ3n) is 2.43. The van der Waals surface area contributed by atoms with Crippen LogP contribution in [0.15, 0.2) is 0 Å². The summed E-state index contributed by atoms with van der Waals surface area (Å²) in [5, 5.41) is 0. The zero-order valence-corrected chi connectivity index (χ0v) is 8.23. The predicted octanol–water partition coefficient (Wildman–Crippen LogP) is 1.97. The zero-order chi connectivity index (χ0) is 9.57. The Hall–Kier alpha value is -0.660. The summed E-state index contributed by atoms with van der Waals surface area (Å²) in [6, 6.07) is 0. The van der Waals surface area contributed by atoms with Crippen LogP contribution in [0.4, 0.5) is 0 Å². The monoisotopic (exact) mass is 168 g/mol. The molecule has 0 bridgehead atoms. The highest BCUT2D eigenvalue weighted by molar-refractivity contribution is 6.39. The van der Waals surface area contributed by atoms with Crippen LogP contribution >= 0.6 is 0 Å². The number of ketones is 2. The minimum absolute atomic E-state index is 0.00546. The second kappa shape index (κ2) is 2.41. The van der Waals surface area contributed by atoms with Crippen LogP contribution in [0.2, 0.25) is 0 Å². The first-order valence-corrected chi connectivity index (χ1v) is 4.32. The van der Waals surface area contributed by atoms with E-state index in [1.54, 1.807) is 0 Å². The van der Waals surface area contributed by atoms with E-state index in [1.807, 2.05) is 27.7 Å². The van der Waals surface area contributed by atoms with Gasteiger partial charge in [-0.05, 0) is 11.8 Å². The fourth-order valence-electron chi connectivity index (χ4n) is 2.23. The van der Waals surface area contributed by atoms with E-state index in [0.29, 0.717) is 6.42 Å². The maximum absolute atomic E-state index is 11.4. The molecule has 0 aromatic heterocycles. The summed E-state index contributed by atoms with van der Waals surface area (Å²) in [6.07, 6.45) is 1.22. The summed E-state index contributed by atoms with van der Waals surface area (Å²) < 4.78 is 0. The molecule has 0 aliphatic heterocycles. The molecular weight excluding hydrogens is 152 g/mol. The Morgan fingerprint density at radius 2 is 1.58 bits per heavy atom. The molecule has 0 atom stereocenters. The Morgan fingerprint density at radius 3 is 2.00 bits per heavy atom. The molecule has 0 saturated heterocycles. The third-order valence-corrected chi connectivity index (χ3v) is 2.43. The summed E-state index contributed by atoms with van der Waals surface area (Å²) in [7, 11) is 0. The number of carbonyl (C=O) groups is 2. The van der Waals surface area contributed by atoms with E-state index in [9.17, 15) is 9.59 Å². The zero-order valence-electron chi connectivity index (χ0n) is 8.23. The van der Waals surface area contributed by atoms with Gasteiger partial charge in [0, 0.05) is 11.8 Å². The molecule has 2 nitrogen and oxygen atoms in total. The first-order valence-electron chi connectivity index (χ1n) is 4.32. The Kier molecular flexibility index (Phi) is 1.89. The van der Waals surface area contributed by atoms with Crippen molar-refractivity contribution in [2.24, 2.45) is 10.8 Å². The molecule has 12 heavy (non-hydrogen) atoms. The van der Waals surface area contributed by atoms with Gasteiger partial charge in [-0.1, -0.05) is 27.7 Å². The van der Waals surface area contributed by atoms with Crippen molar-refractivity contribution in [3.05, 3.63) is 0 Å². The third kappa shape index (κ3) is 1.57. The van der Waals surface area contributed by atoms with Crippen LogP contribution in [0.1, 0.15) is 40.5 Å². The molecule has 0 N–H and O–H groups in total. The van der Waals surface area contributed by atoms with Crippen molar-refractivity contribution in [2.45, 2.75) is 40.5 Å². The molecular formula is C10H16O2. The lowest BCUT2D eigenvalue weighted by Crippen LogP contribution is -2.42. The highest BCUT2D eigenvalue weighted by Gasteiger charge is 2.44. The number of rotatable bonds is 0. The molecule has 0 radical (unpaired) electrons. The maximum Gasteiger partial charge on any atom is 0.203 e. The van der Waals surface area contributed by atoms with E-state index >= 15 is 0 Å². The second-order valence-electron chi connectivity index (χ2n) is 5.15. The van der Waals surface area contributed by atoms with Crippen molar-refractivity contribution in [2.75, 3.05) is 0 Å². The van der Waals surface area contributed by atoms with Crippen molar-refractivity contribution < 1.29 is 9.59 Å². The fraction of sp³-hybridized carbons (Fsp3) is 0.800. The lowest BCUT2D eigenvalue weighted by atomic mass is 9.64. The van der Waals surface area contributed by atoms with Crippen molar-refractivity contribution in [1.29, 1.82) is 0 Å². The first-order chi connectivity index (χ1) is 5.25. The Bertz CT molecular complexity index is 236. The minimum Gasteiger partial charge on any atom is -0.291 e. The largest absolute Gasteiger partial charge is 0.291 e. The topological polar surface area (TPSA) is 34.1 Å². The van der Waals surface area contributed by atoms with E-state index in [2.05, 4.69) is 0 Å². The molecule has 0 heterocycles. The summed E-state index contributed by atoms with van der Waals surface area (Å²) >= 11 is 0. The molecule has 1 fully saturated rings. The van der Waals surface area contributed by atoms with Gasteiger partial charge in [-0.25, -0.2) is 0 Å². The van der Waals surface area contributed by atoms with Gasteiger partial charge < -0.3 is 0 Å². The molecule has 0 unspecified atom stereocenters. The van der Waals surface area contributed by atoms with E-state index in [1.165, 1.54) is 0 Å². The Labute approximate surface area is 73.3 Å². The highest BCUT2D eigenvalue weighted by Crippen LogP contribution is 2.41. The van der Waals surface area contributed by atoms with Gasteiger partial charge >= 0.3 is 0 Å². The Balaban J connectivity index is 2.95. The fourth-order valence-corrected chi connectivity index (χ4v) is 2.23. The SMILES string of the molecule is CC1(C)CC(=O)C(=O)C(C)(C)C1. The van der Waals surface area contributed by atoms with Gasteiger partial charge in [0.05, 0.1) is 0 Å². The van der Waals surface area contributed by atoms with E-state index in [0.717, 1.165) is 6.42 Å². The molecule has 1 aliphatic rings. The van der Waals surface area contributed by atoms with Gasteiger partial charge in [0.15, 0.2) is 5.78 Å². The summed E-state index contributed by atoms with van der Waals surface area (Å²) in [4.78, 5) is 22.7. The molecule has 0 aromatic carbocycles. The number of hydrogen-bond donors (Lipinski definition) is 0. The predicted molar refractivity (Wildman–Crippen MR) is 46.8 cm³/mol. The molecule has 2 heteroatoms. The number of carbonyl (C=O) groups excluding carboxylic acids is 2. The van der Waals surface area contributed by atoms with Crippen LogP contribution < -0.4 is 0 Å². The quantitative estimate of drug-likeness (QED) is 0.518. The molecule has 1 rings (SSSR count). The molecule has 1 saturated carbocycles. The lowest BCUT2D eigenvalue weighted by Gasteiger charge is -2.37. The van der Waals surface area contributed by atoms with Crippen LogP contribution in [-0.4, -0.2) is 11.6 Å². The van der Waals surface area contributed by atoms with E-state index in [4.69, 9.17) is 0 Å². The van der Waals surface area contributed by atoms with Crippen molar-refractivity contribution in [3.8, 4) is 0 Å². The number of hydrogen-bond acceptors (Lipinski definition) is 2. The van der Waals surface area contributed by atoms with Gasteiger partial charge in [0.1, 0.15) is 0 Å². The smallest absolute Gasteiger partial charge is 0.203 e. The Morgan fingerprint density at radius 1 is 1.08 bits per heavy atom. The molecule has 1 aliphatic carbocycles. The van der Waals surface area contributed by atoms with Gasteiger partial charge in [-0.15, -0.1) is 0 Å². The van der Waals surface area contributed by atoms with Gasteiger partial charge in [0.25, 0.3) is 0 Å². The lowest BCUT2D eigenvalue weighted by molar-refractivity contribution is -0.147.